The van der Waals surface area contributed by atoms with Gasteiger partial charge in [-0.15, -0.1) is 0 Å². The molecule has 1 saturated heterocycles. The fourth-order valence-corrected chi connectivity index (χ4v) is 7.37. The predicted octanol–water partition coefficient (Wildman–Crippen LogP) is 4.53. The molecule has 0 unspecified atom stereocenters. The third kappa shape index (κ3) is 6.77. The number of piperazine rings is 1. The van der Waals surface area contributed by atoms with E-state index in [0.29, 0.717) is 43.2 Å². The highest BCUT2D eigenvalue weighted by molar-refractivity contribution is 5.91. The van der Waals surface area contributed by atoms with Crippen molar-refractivity contribution in [3.63, 3.8) is 0 Å². The number of fused-ring (bicyclic) bond motifs is 1. The number of amides is 1. The zero-order valence-electron chi connectivity index (χ0n) is 28.8. The molecule has 50 heavy (non-hydrogen) atoms. The first-order valence-electron chi connectivity index (χ1n) is 17.4. The van der Waals surface area contributed by atoms with Crippen LogP contribution in [0, 0.1) is 5.82 Å². The van der Waals surface area contributed by atoms with E-state index in [0.717, 1.165) is 56.1 Å². The topological polar surface area (TPSA) is 110 Å². The summed E-state index contributed by atoms with van der Waals surface area (Å²) in [6.45, 7) is 9.65. The van der Waals surface area contributed by atoms with Crippen LogP contribution in [0.3, 0.4) is 0 Å². The Labute approximate surface area is 290 Å². The summed E-state index contributed by atoms with van der Waals surface area (Å²) >= 11 is 0. The summed E-state index contributed by atoms with van der Waals surface area (Å²) in [5.41, 5.74) is 2.71. The molecule has 0 atom stereocenters. The number of nitrogens with zero attached hydrogens (tertiary/aromatic N) is 7. The zero-order chi connectivity index (χ0) is 34.9. The number of aromatic nitrogens is 5. The highest BCUT2D eigenvalue weighted by Crippen LogP contribution is 2.29. The Kier molecular flexibility index (Phi) is 9.48. The molecule has 0 radical (unpaired) electrons. The molecule has 1 aliphatic carbocycles. The van der Waals surface area contributed by atoms with Crippen molar-refractivity contribution in [2.24, 2.45) is 7.05 Å². The van der Waals surface area contributed by atoms with Gasteiger partial charge in [-0.25, -0.2) is 23.7 Å². The van der Waals surface area contributed by atoms with E-state index in [2.05, 4.69) is 63.2 Å². The van der Waals surface area contributed by atoms with Gasteiger partial charge in [-0.1, -0.05) is 36.4 Å². The van der Waals surface area contributed by atoms with Gasteiger partial charge in [-0.05, 0) is 74.4 Å². The molecule has 4 heterocycles. The zero-order valence-corrected chi connectivity index (χ0v) is 28.8. The van der Waals surface area contributed by atoms with E-state index < -0.39 is 23.1 Å². The number of hydrogen-bond donors (Lipinski definition) is 1. The summed E-state index contributed by atoms with van der Waals surface area (Å²) in [5.74, 6) is -0.589. The molecule has 2 aromatic carbocycles. The highest BCUT2D eigenvalue weighted by Gasteiger charge is 2.29. The number of carbonyl (C=O) groups excluding carboxylic acids is 1. The number of rotatable bonds is 8. The van der Waals surface area contributed by atoms with Crippen molar-refractivity contribution in [1.29, 1.82) is 0 Å². The van der Waals surface area contributed by atoms with Crippen LogP contribution in [-0.4, -0.2) is 77.6 Å². The maximum Gasteiger partial charge on any atom is 0.337 e. The number of imidazole rings is 1. The standard InChI is InChI=1S/C38H43FN8O3/c1-25(2)45-19-17-44(18-20-45)24-26-7-9-27(10-8-26)28-5-4-6-32(21-28)46-34-33(22-29(39)23-41-34)37(49)47(38(46)50)31-13-11-30(12-14-31)42-36(48)35-40-15-16-43(35)3/h4-10,15-16,21-23,25,30-31H,11-14,17-20,24H2,1-3H3,(H,42,48)/t30-,31+. The average molecular weight is 679 g/mol. The second-order valence-electron chi connectivity index (χ2n) is 13.8. The normalized spacial score (nSPS) is 18.9. The van der Waals surface area contributed by atoms with E-state index in [1.165, 1.54) is 14.7 Å². The number of hydrogen-bond acceptors (Lipinski definition) is 7. The number of aryl methyl sites for hydroxylation is 1. The number of pyridine rings is 1. The summed E-state index contributed by atoms with van der Waals surface area (Å²) in [6.07, 6.45) is 6.46. The maximum absolute atomic E-state index is 14.5. The second kappa shape index (κ2) is 14.1. The van der Waals surface area contributed by atoms with Gasteiger partial charge < -0.3 is 9.88 Å². The van der Waals surface area contributed by atoms with Crippen LogP contribution in [0.4, 0.5) is 4.39 Å². The molecule has 12 heteroatoms. The summed E-state index contributed by atoms with van der Waals surface area (Å²) in [6, 6.07) is 17.3. The molecule has 1 saturated carbocycles. The van der Waals surface area contributed by atoms with Crippen LogP contribution in [-0.2, 0) is 13.6 Å². The fraction of sp³-hybridized carbons (Fsp3) is 0.395. The molecular weight excluding hydrogens is 635 g/mol. The first kappa shape index (κ1) is 33.6. The molecule has 1 N–H and O–H groups in total. The Morgan fingerprint density at radius 2 is 1.68 bits per heavy atom. The summed E-state index contributed by atoms with van der Waals surface area (Å²) in [7, 11) is 1.76. The molecule has 260 valence electrons. The van der Waals surface area contributed by atoms with Crippen molar-refractivity contribution in [2.75, 3.05) is 26.2 Å². The average Bonchev–Trinajstić information content (AvgIpc) is 3.56. The van der Waals surface area contributed by atoms with Crippen molar-refractivity contribution < 1.29 is 9.18 Å². The molecule has 1 amide bonds. The smallest absolute Gasteiger partial charge is 0.337 e. The van der Waals surface area contributed by atoms with Crippen LogP contribution in [0.25, 0.3) is 27.8 Å². The second-order valence-corrected chi connectivity index (χ2v) is 13.8. The van der Waals surface area contributed by atoms with Crippen molar-refractivity contribution in [3.05, 3.63) is 111 Å². The van der Waals surface area contributed by atoms with Crippen LogP contribution in [0.2, 0.25) is 0 Å². The number of nitrogens with one attached hydrogen (secondary N) is 1. The van der Waals surface area contributed by atoms with Crippen LogP contribution < -0.4 is 16.6 Å². The number of benzene rings is 2. The third-order valence-corrected chi connectivity index (χ3v) is 10.2. The minimum atomic E-state index is -0.650. The molecule has 1 aliphatic heterocycles. The minimum Gasteiger partial charge on any atom is -0.347 e. The summed E-state index contributed by atoms with van der Waals surface area (Å²) in [5, 5.41) is 3.07. The summed E-state index contributed by atoms with van der Waals surface area (Å²) < 4.78 is 18.8. The van der Waals surface area contributed by atoms with Gasteiger partial charge in [0.1, 0.15) is 5.82 Å². The Morgan fingerprint density at radius 1 is 0.940 bits per heavy atom. The Bertz CT molecular complexity index is 2120. The van der Waals surface area contributed by atoms with Crippen molar-refractivity contribution in [2.45, 2.75) is 64.2 Å². The molecule has 2 fully saturated rings. The van der Waals surface area contributed by atoms with Gasteiger partial charge in [0.2, 0.25) is 0 Å². The van der Waals surface area contributed by atoms with Gasteiger partial charge >= 0.3 is 5.69 Å². The van der Waals surface area contributed by atoms with E-state index in [4.69, 9.17) is 0 Å². The van der Waals surface area contributed by atoms with Gasteiger partial charge in [0, 0.05) is 70.3 Å². The molecule has 3 aromatic heterocycles. The van der Waals surface area contributed by atoms with E-state index in [9.17, 15) is 18.8 Å². The first-order valence-corrected chi connectivity index (χ1v) is 17.4. The molecule has 2 aliphatic rings. The quantitative estimate of drug-likeness (QED) is 0.257. The third-order valence-electron chi connectivity index (χ3n) is 10.2. The van der Waals surface area contributed by atoms with E-state index in [-0.39, 0.29) is 23.0 Å². The van der Waals surface area contributed by atoms with E-state index in [1.54, 1.807) is 30.1 Å². The van der Waals surface area contributed by atoms with Crippen molar-refractivity contribution in [3.8, 4) is 16.8 Å². The molecular formula is C38H43FN8O3. The molecule has 0 bridgehead atoms. The molecule has 0 spiro atoms. The van der Waals surface area contributed by atoms with Crippen molar-refractivity contribution in [1.82, 2.24) is 38.8 Å². The van der Waals surface area contributed by atoms with Gasteiger partial charge in [0.15, 0.2) is 11.5 Å². The minimum absolute atomic E-state index is 0.0405. The monoisotopic (exact) mass is 678 g/mol. The highest BCUT2D eigenvalue weighted by atomic mass is 19.1. The van der Waals surface area contributed by atoms with Crippen LogP contribution in [0.5, 0.6) is 0 Å². The number of halogens is 1. The molecule has 11 nitrogen and oxygen atoms in total. The lowest BCUT2D eigenvalue weighted by Crippen LogP contribution is -2.48. The maximum atomic E-state index is 14.5. The van der Waals surface area contributed by atoms with Gasteiger partial charge in [-0.2, -0.15) is 0 Å². The molecule has 5 aromatic rings. The Balaban J connectivity index is 1.14. The van der Waals surface area contributed by atoms with Crippen molar-refractivity contribution >= 4 is 16.9 Å². The lowest BCUT2D eigenvalue weighted by Gasteiger charge is -2.36. The Hall–Kier alpha value is -4.94. The Morgan fingerprint density at radius 3 is 2.36 bits per heavy atom. The van der Waals surface area contributed by atoms with Crippen LogP contribution in [0.1, 0.15) is 61.8 Å². The first-order chi connectivity index (χ1) is 24.2. The largest absolute Gasteiger partial charge is 0.347 e. The number of carbonyl (C=O) groups is 1. The lowest BCUT2D eigenvalue weighted by atomic mass is 9.91. The van der Waals surface area contributed by atoms with Gasteiger partial charge in [0.05, 0.1) is 17.3 Å². The fourth-order valence-electron chi connectivity index (χ4n) is 7.37. The lowest BCUT2D eigenvalue weighted by molar-refractivity contribution is 0.0908. The SMILES string of the molecule is CC(C)N1CCN(Cc2ccc(-c3cccc(-n4c(=O)n([C@H]5CC[C@@H](NC(=O)c6nccn6C)CC5)c(=O)c5cc(F)cnc54)c3)cc2)CC1. The molecule has 7 rings (SSSR count). The van der Waals surface area contributed by atoms with Crippen LogP contribution >= 0.6 is 0 Å². The summed E-state index contributed by atoms with van der Waals surface area (Å²) in [4.78, 5) is 54.2. The predicted molar refractivity (Wildman–Crippen MR) is 191 cm³/mol. The van der Waals surface area contributed by atoms with E-state index >= 15 is 0 Å². The van der Waals surface area contributed by atoms with Crippen LogP contribution in [0.15, 0.2) is 82.8 Å². The van der Waals surface area contributed by atoms with Gasteiger partial charge in [0.25, 0.3) is 11.5 Å². The van der Waals surface area contributed by atoms with Gasteiger partial charge in [-0.3, -0.25) is 24.0 Å². The van der Waals surface area contributed by atoms with E-state index in [1.807, 2.05) is 18.2 Å².